The van der Waals surface area contributed by atoms with Gasteiger partial charge in [0, 0.05) is 4.47 Å². The largest absolute Gasteiger partial charge is 0.323 e. The molecule has 0 atom stereocenters. The van der Waals surface area contributed by atoms with E-state index in [2.05, 4.69) is 20.9 Å². The molecule has 102 valence electrons. The van der Waals surface area contributed by atoms with Crippen LogP contribution in [-0.4, -0.2) is 9.55 Å². The average Bonchev–Trinajstić information content (AvgIpc) is 2.80. The fourth-order valence-electron chi connectivity index (χ4n) is 1.89. The van der Waals surface area contributed by atoms with E-state index < -0.39 is 5.82 Å². The van der Waals surface area contributed by atoms with Crippen LogP contribution in [0.25, 0.3) is 15.9 Å². The van der Waals surface area contributed by atoms with Crippen LogP contribution in [-0.2, 0) is 0 Å². The molecule has 0 spiro atoms. The van der Waals surface area contributed by atoms with Gasteiger partial charge in [0.05, 0.1) is 16.1 Å². The van der Waals surface area contributed by atoms with Crippen molar-refractivity contribution in [3.8, 4) is 5.69 Å². The van der Waals surface area contributed by atoms with Gasteiger partial charge in [-0.3, -0.25) is 9.36 Å². The van der Waals surface area contributed by atoms with Gasteiger partial charge in [0.2, 0.25) is 0 Å². The van der Waals surface area contributed by atoms with Crippen LogP contribution in [0, 0.1) is 10.6 Å². The molecule has 0 aliphatic carbocycles. The van der Waals surface area contributed by atoms with E-state index in [1.807, 2.05) is 0 Å². The zero-order chi connectivity index (χ0) is 14.4. The minimum Gasteiger partial charge on any atom is -0.323 e. The van der Waals surface area contributed by atoms with Crippen LogP contribution in [0.2, 0.25) is 5.02 Å². The summed E-state index contributed by atoms with van der Waals surface area (Å²) in [5, 5.41) is 2.41. The summed E-state index contributed by atoms with van der Waals surface area (Å²) >= 11 is 15.9. The number of hydrogen-bond donors (Lipinski definition) is 1. The van der Waals surface area contributed by atoms with Gasteiger partial charge in [0.25, 0.3) is 5.56 Å². The van der Waals surface area contributed by atoms with E-state index in [4.69, 9.17) is 23.8 Å². The summed E-state index contributed by atoms with van der Waals surface area (Å²) in [6, 6.07) is 4.08. The van der Waals surface area contributed by atoms with Gasteiger partial charge in [-0.15, -0.1) is 11.3 Å². The van der Waals surface area contributed by atoms with Crippen LogP contribution in [0.4, 0.5) is 4.39 Å². The van der Waals surface area contributed by atoms with Crippen molar-refractivity contribution in [1.29, 1.82) is 0 Å². The van der Waals surface area contributed by atoms with Crippen molar-refractivity contribution in [2.24, 2.45) is 0 Å². The molecule has 20 heavy (non-hydrogen) atoms. The molecule has 0 saturated heterocycles. The average molecular weight is 392 g/mol. The summed E-state index contributed by atoms with van der Waals surface area (Å²) in [4.78, 5) is 16.2. The molecule has 3 nitrogen and oxygen atoms in total. The first-order chi connectivity index (χ1) is 9.49. The van der Waals surface area contributed by atoms with E-state index in [0.717, 1.165) is 6.07 Å². The molecule has 0 amide bonds. The van der Waals surface area contributed by atoms with Gasteiger partial charge < -0.3 is 4.98 Å². The number of aromatic amines is 1. The van der Waals surface area contributed by atoms with Gasteiger partial charge in [0.15, 0.2) is 4.77 Å². The lowest BCUT2D eigenvalue weighted by Gasteiger charge is -2.11. The first-order valence-corrected chi connectivity index (χ1v) is 7.82. The molecule has 1 N–H and O–H groups in total. The molecule has 8 heteroatoms. The number of nitrogens with one attached hydrogen (secondary N) is 1. The summed E-state index contributed by atoms with van der Waals surface area (Å²) in [6.45, 7) is 0. The van der Waals surface area contributed by atoms with E-state index >= 15 is 0 Å². The Bertz CT molecular complexity index is 924. The van der Waals surface area contributed by atoms with Crippen LogP contribution in [0.3, 0.4) is 0 Å². The Kier molecular flexibility index (Phi) is 3.53. The van der Waals surface area contributed by atoms with E-state index in [9.17, 15) is 9.18 Å². The summed E-state index contributed by atoms with van der Waals surface area (Å²) in [5.74, 6) is -0.495. The van der Waals surface area contributed by atoms with E-state index in [1.54, 1.807) is 11.4 Å². The second-order valence-electron chi connectivity index (χ2n) is 3.95. The van der Waals surface area contributed by atoms with Crippen molar-refractivity contribution >= 4 is 61.3 Å². The monoisotopic (exact) mass is 390 g/mol. The van der Waals surface area contributed by atoms with Crippen molar-refractivity contribution < 1.29 is 4.39 Å². The third-order valence-electron chi connectivity index (χ3n) is 2.73. The van der Waals surface area contributed by atoms with E-state index in [-0.39, 0.29) is 15.4 Å². The first kappa shape index (κ1) is 13.9. The van der Waals surface area contributed by atoms with Gasteiger partial charge in [-0.05, 0) is 51.7 Å². The quantitative estimate of drug-likeness (QED) is 0.612. The molecule has 3 aromatic rings. The minimum absolute atomic E-state index is 0.105. The number of nitrogens with zero attached hydrogens (tertiary/aromatic N) is 1. The van der Waals surface area contributed by atoms with Crippen molar-refractivity contribution in [2.45, 2.75) is 0 Å². The number of H-pyrrole nitrogens is 1. The number of fused-ring (bicyclic) bond motifs is 1. The topological polar surface area (TPSA) is 37.8 Å². The maximum Gasteiger partial charge on any atom is 0.267 e. The molecule has 0 unspecified atom stereocenters. The molecule has 0 aliphatic rings. The molecular formula is C12H5BrClFN2OS2. The highest BCUT2D eigenvalue weighted by Gasteiger charge is 2.15. The minimum atomic E-state index is -0.495. The number of rotatable bonds is 1. The molecule has 0 saturated carbocycles. The zero-order valence-electron chi connectivity index (χ0n) is 9.62. The molecule has 3 rings (SSSR count). The SMILES string of the molecule is O=c1c2ccsc2[nH]c(=S)n1-c1c(Cl)cc(F)cc1Br. The van der Waals surface area contributed by atoms with Crippen LogP contribution >= 0.6 is 51.1 Å². The molecule has 0 fully saturated rings. The Hall–Kier alpha value is -1.02. The van der Waals surface area contributed by atoms with E-state index in [1.165, 1.54) is 22.0 Å². The van der Waals surface area contributed by atoms with E-state index in [0.29, 0.717) is 20.4 Å². The fraction of sp³-hybridized carbons (Fsp3) is 0. The molecule has 2 heterocycles. The first-order valence-electron chi connectivity index (χ1n) is 5.36. The maximum atomic E-state index is 13.3. The van der Waals surface area contributed by atoms with Crippen molar-refractivity contribution in [3.05, 3.63) is 54.0 Å². The molecule has 0 aliphatic heterocycles. The summed E-state index contributed by atoms with van der Waals surface area (Å²) in [6.07, 6.45) is 0. The second kappa shape index (κ2) is 5.07. The Balaban J connectivity index is 2.47. The Morgan fingerprint density at radius 3 is 2.90 bits per heavy atom. The standard InChI is InChI=1S/C12H5BrClFN2OS2/c13-7-3-5(15)4-8(14)9(7)17-11(18)6-1-2-20-10(6)16-12(17)19/h1-4H,(H,16,19). The predicted molar refractivity (Wildman–Crippen MR) is 85.3 cm³/mol. The van der Waals surface area contributed by atoms with Gasteiger partial charge in [-0.1, -0.05) is 11.6 Å². The third kappa shape index (κ3) is 2.14. The summed E-state index contributed by atoms with van der Waals surface area (Å²) in [7, 11) is 0. The van der Waals surface area contributed by atoms with Crippen LogP contribution in [0.15, 0.2) is 32.8 Å². The van der Waals surface area contributed by atoms with Crippen LogP contribution < -0.4 is 5.56 Å². The van der Waals surface area contributed by atoms with Gasteiger partial charge in [-0.25, -0.2) is 4.39 Å². The number of benzene rings is 1. The lowest BCUT2D eigenvalue weighted by Crippen LogP contribution is -2.20. The van der Waals surface area contributed by atoms with Crippen LogP contribution in [0.1, 0.15) is 0 Å². The van der Waals surface area contributed by atoms with Crippen molar-refractivity contribution in [3.63, 3.8) is 0 Å². The summed E-state index contributed by atoms with van der Waals surface area (Å²) in [5.41, 5.74) is 0.0339. The number of aromatic nitrogens is 2. The third-order valence-corrected chi connectivity index (χ3v) is 4.73. The number of thiophene rings is 1. The van der Waals surface area contributed by atoms with Crippen molar-refractivity contribution in [1.82, 2.24) is 9.55 Å². The summed E-state index contributed by atoms with van der Waals surface area (Å²) < 4.78 is 15.1. The highest BCUT2D eigenvalue weighted by molar-refractivity contribution is 9.10. The van der Waals surface area contributed by atoms with Gasteiger partial charge in [-0.2, -0.15) is 0 Å². The number of halogens is 3. The lowest BCUT2D eigenvalue weighted by atomic mass is 10.3. The maximum absolute atomic E-state index is 13.3. The van der Waals surface area contributed by atoms with Gasteiger partial charge >= 0.3 is 0 Å². The van der Waals surface area contributed by atoms with Crippen LogP contribution in [0.5, 0.6) is 0 Å². The smallest absolute Gasteiger partial charge is 0.267 e. The Morgan fingerprint density at radius 2 is 2.20 bits per heavy atom. The van der Waals surface area contributed by atoms with Crippen molar-refractivity contribution in [2.75, 3.05) is 0 Å². The Labute approximate surface area is 134 Å². The lowest BCUT2D eigenvalue weighted by molar-refractivity contribution is 0.626. The molecule has 1 aromatic carbocycles. The molecule has 2 aromatic heterocycles. The molecule has 0 bridgehead atoms. The second-order valence-corrected chi connectivity index (χ2v) is 6.52. The number of hydrogen-bond acceptors (Lipinski definition) is 3. The Morgan fingerprint density at radius 1 is 1.45 bits per heavy atom. The highest BCUT2D eigenvalue weighted by atomic mass is 79.9. The predicted octanol–water partition coefficient (Wildman–Crippen LogP) is 4.66. The highest BCUT2D eigenvalue weighted by Crippen LogP contribution is 2.30. The molecular weight excluding hydrogens is 387 g/mol. The molecule has 0 radical (unpaired) electrons. The normalized spacial score (nSPS) is 11.2. The fourth-order valence-corrected chi connectivity index (χ4v) is 4.02. The zero-order valence-corrected chi connectivity index (χ0v) is 13.6. The van der Waals surface area contributed by atoms with Gasteiger partial charge in [0.1, 0.15) is 10.6 Å².